The van der Waals surface area contributed by atoms with E-state index >= 15 is 0 Å². The van der Waals surface area contributed by atoms with E-state index in [0.29, 0.717) is 13.1 Å². The second kappa shape index (κ2) is 5.68. The first-order valence-corrected chi connectivity index (χ1v) is 5.93. The van der Waals surface area contributed by atoms with E-state index in [0.717, 1.165) is 25.2 Å². The number of hydrogen-bond donors (Lipinski definition) is 2. The van der Waals surface area contributed by atoms with E-state index < -0.39 is 5.97 Å². The molecule has 1 aliphatic rings. The van der Waals surface area contributed by atoms with Crippen molar-refractivity contribution in [2.75, 3.05) is 13.2 Å². The number of fused-ring (bicyclic) bond motifs is 1. The molecule has 0 amide bonds. The van der Waals surface area contributed by atoms with Gasteiger partial charge in [0.15, 0.2) is 0 Å². The fourth-order valence-electron chi connectivity index (χ4n) is 1.95. The highest BCUT2D eigenvalue weighted by Gasteiger charge is 2.10. The summed E-state index contributed by atoms with van der Waals surface area (Å²) in [4.78, 5) is 10.3. The van der Waals surface area contributed by atoms with Crippen molar-refractivity contribution >= 4 is 5.97 Å². The van der Waals surface area contributed by atoms with Gasteiger partial charge in [-0.3, -0.25) is 4.79 Å². The van der Waals surface area contributed by atoms with Crippen LogP contribution in [0.15, 0.2) is 18.2 Å². The molecule has 0 saturated heterocycles. The van der Waals surface area contributed by atoms with Gasteiger partial charge in [-0.15, -0.1) is 0 Å². The first-order valence-electron chi connectivity index (χ1n) is 5.93. The number of benzene rings is 1. The van der Waals surface area contributed by atoms with Crippen LogP contribution in [0.2, 0.25) is 0 Å². The van der Waals surface area contributed by atoms with Crippen molar-refractivity contribution in [3.05, 3.63) is 29.3 Å². The molecular weight excluding hydrogens is 218 g/mol. The van der Waals surface area contributed by atoms with Crippen LogP contribution in [0.1, 0.15) is 24.0 Å². The highest BCUT2D eigenvalue weighted by molar-refractivity contribution is 5.66. The van der Waals surface area contributed by atoms with Gasteiger partial charge in [-0.1, -0.05) is 12.1 Å². The zero-order chi connectivity index (χ0) is 12.1. The summed E-state index contributed by atoms with van der Waals surface area (Å²) in [6.45, 7) is 2.02. The summed E-state index contributed by atoms with van der Waals surface area (Å²) < 4.78 is 5.54. The number of carboxylic acid groups (broad SMARTS) is 1. The van der Waals surface area contributed by atoms with Gasteiger partial charge >= 0.3 is 5.97 Å². The Morgan fingerprint density at radius 1 is 1.47 bits per heavy atom. The summed E-state index contributed by atoms with van der Waals surface area (Å²) in [5.74, 6) is 0.224. The van der Waals surface area contributed by atoms with Crippen molar-refractivity contribution in [1.29, 1.82) is 0 Å². The molecule has 17 heavy (non-hydrogen) atoms. The van der Waals surface area contributed by atoms with Gasteiger partial charge in [-0.25, -0.2) is 0 Å². The molecule has 0 atom stereocenters. The van der Waals surface area contributed by atoms with E-state index in [2.05, 4.69) is 11.4 Å². The number of aryl methyl sites for hydroxylation is 1. The largest absolute Gasteiger partial charge is 0.493 e. The highest BCUT2D eigenvalue weighted by atomic mass is 16.5. The lowest BCUT2D eigenvalue weighted by molar-refractivity contribution is -0.136. The number of carboxylic acids is 1. The summed E-state index contributed by atoms with van der Waals surface area (Å²) in [5.41, 5.74) is 2.44. The predicted molar refractivity (Wildman–Crippen MR) is 64.2 cm³/mol. The Bertz CT molecular complexity index is 404. The summed E-state index contributed by atoms with van der Waals surface area (Å²) >= 11 is 0. The molecular formula is C13H17NO3. The monoisotopic (exact) mass is 235 g/mol. The average Bonchev–Trinajstić information content (AvgIpc) is 2.34. The van der Waals surface area contributed by atoms with Gasteiger partial charge < -0.3 is 15.2 Å². The standard InChI is InChI=1S/C13H17NO3/c15-13(16)5-6-14-9-10-3-4-12-11(8-10)2-1-7-17-12/h3-4,8,14H,1-2,5-7,9H2,(H,15,16). The summed E-state index contributed by atoms with van der Waals surface area (Å²) in [7, 11) is 0. The second-order valence-electron chi connectivity index (χ2n) is 4.21. The van der Waals surface area contributed by atoms with E-state index in [1.54, 1.807) is 0 Å². The van der Waals surface area contributed by atoms with Gasteiger partial charge in [-0.05, 0) is 30.0 Å². The van der Waals surface area contributed by atoms with E-state index in [1.165, 1.54) is 11.1 Å². The number of carbonyl (C=O) groups is 1. The van der Waals surface area contributed by atoms with Crippen molar-refractivity contribution in [3.8, 4) is 5.75 Å². The van der Waals surface area contributed by atoms with Crippen LogP contribution in [-0.4, -0.2) is 24.2 Å². The molecule has 0 aliphatic carbocycles. The molecule has 4 heteroatoms. The van der Waals surface area contributed by atoms with Crippen molar-refractivity contribution < 1.29 is 14.6 Å². The van der Waals surface area contributed by atoms with Crippen LogP contribution in [0.25, 0.3) is 0 Å². The Morgan fingerprint density at radius 2 is 2.35 bits per heavy atom. The molecule has 0 unspecified atom stereocenters. The maximum atomic E-state index is 10.3. The van der Waals surface area contributed by atoms with E-state index in [9.17, 15) is 4.79 Å². The number of aliphatic carboxylic acids is 1. The Labute approximate surface area is 101 Å². The first-order chi connectivity index (χ1) is 8.25. The van der Waals surface area contributed by atoms with E-state index in [1.807, 2.05) is 12.1 Å². The Morgan fingerprint density at radius 3 is 3.18 bits per heavy atom. The zero-order valence-corrected chi connectivity index (χ0v) is 9.74. The summed E-state index contributed by atoms with van der Waals surface area (Å²) in [6, 6.07) is 6.17. The van der Waals surface area contributed by atoms with E-state index in [-0.39, 0.29) is 6.42 Å². The molecule has 0 bridgehead atoms. The van der Waals surface area contributed by atoms with Crippen LogP contribution in [0.4, 0.5) is 0 Å². The third-order valence-electron chi connectivity index (χ3n) is 2.82. The summed E-state index contributed by atoms with van der Waals surface area (Å²) in [6.07, 6.45) is 2.30. The van der Waals surface area contributed by atoms with Crippen LogP contribution in [-0.2, 0) is 17.8 Å². The van der Waals surface area contributed by atoms with Gasteiger partial charge in [0.1, 0.15) is 5.75 Å². The van der Waals surface area contributed by atoms with Crippen molar-refractivity contribution in [3.63, 3.8) is 0 Å². The predicted octanol–water partition coefficient (Wildman–Crippen LogP) is 1.58. The highest BCUT2D eigenvalue weighted by Crippen LogP contribution is 2.25. The quantitative estimate of drug-likeness (QED) is 0.761. The Balaban J connectivity index is 1.86. The lowest BCUT2D eigenvalue weighted by atomic mass is 10.0. The molecule has 92 valence electrons. The zero-order valence-electron chi connectivity index (χ0n) is 9.74. The molecule has 4 nitrogen and oxygen atoms in total. The van der Waals surface area contributed by atoms with Gasteiger partial charge in [0, 0.05) is 13.1 Å². The maximum absolute atomic E-state index is 10.3. The summed E-state index contributed by atoms with van der Waals surface area (Å²) in [5, 5.41) is 11.6. The van der Waals surface area contributed by atoms with Gasteiger partial charge in [0.05, 0.1) is 13.0 Å². The molecule has 1 aliphatic heterocycles. The second-order valence-corrected chi connectivity index (χ2v) is 4.21. The van der Waals surface area contributed by atoms with Crippen molar-refractivity contribution in [2.24, 2.45) is 0 Å². The lowest BCUT2D eigenvalue weighted by Crippen LogP contribution is -2.18. The fourth-order valence-corrected chi connectivity index (χ4v) is 1.95. The lowest BCUT2D eigenvalue weighted by Gasteiger charge is -2.17. The number of rotatable bonds is 5. The van der Waals surface area contributed by atoms with Crippen LogP contribution in [0, 0.1) is 0 Å². The van der Waals surface area contributed by atoms with Gasteiger partial charge in [0.2, 0.25) is 0 Å². The maximum Gasteiger partial charge on any atom is 0.304 e. The van der Waals surface area contributed by atoms with Crippen molar-refractivity contribution in [1.82, 2.24) is 5.32 Å². The molecule has 1 heterocycles. The molecule has 0 aromatic heterocycles. The van der Waals surface area contributed by atoms with Crippen LogP contribution in [0.5, 0.6) is 5.75 Å². The Kier molecular flexibility index (Phi) is 3.98. The van der Waals surface area contributed by atoms with Gasteiger partial charge in [0.25, 0.3) is 0 Å². The van der Waals surface area contributed by atoms with Crippen molar-refractivity contribution in [2.45, 2.75) is 25.8 Å². The average molecular weight is 235 g/mol. The molecule has 0 saturated carbocycles. The number of hydrogen-bond acceptors (Lipinski definition) is 3. The molecule has 0 fully saturated rings. The SMILES string of the molecule is O=C(O)CCNCc1ccc2c(c1)CCCO2. The normalized spacial score (nSPS) is 13.9. The molecule has 2 N–H and O–H groups in total. The minimum atomic E-state index is -0.767. The molecule has 1 aromatic carbocycles. The first kappa shape index (κ1) is 11.9. The molecule has 2 rings (SSSR count). The third kappa shape index (κ3) is 3.46. The van der Waals surface area contributed by atoms with Crippen LogP contribution >= 0.6 is 0 Å². The molecule has 0 radical (unpaired) electrons. The minimum absolute atomic E-state index is 0.161. The number of nitrogens with one attached hydrogen (secondary N) is 1. The molecule has 1 aromatic rings. The fraction of sp³-hybridized carbons (Fsp3) is 0.462. The Hall–Kier alpha value is -1.55. The van der Waals surface area contributed by atoms with E-state index in [4.69, 9.17) is 9.84 Å². The van der Waals surface area contributed by atoms with Crippen LogP contribution < -0.4 is 10.1 Å². The third-order valence-corrected chi connectivity index (χ3v) is 2.82. The smallest absolute Gasteiger partial charge is 0.304 e. The topological polar surface area (TPSA) is 58.6 Å². The number of ether oxygens (including phenoxy) is 1. The minimum Gasteiger partial charge on any atom is -0.493 e. The molecule has 0 spiro atoms. The van der Waals surface area contributed by atoms with Crippen LogP contribution in [0.3, 0.4) is 0 Å². The van der Waals surface area contributed by atoms with Gasteiger partial charge in [-0.2, -0.15) is 0 Å².